The van der Waals surface area contributed by atoms with Gasteiger partial charge in [-0.3, -0.25) is 0 Å². The molecule has 1 rings (SSSR count). The monoisotopic (exact) mass is 130 g/mol. The molecule has 1 fully saturated rings. The summed E-state index contributed by atoms with van der Waals surface area (Å²) < 4.78 is 5.34. The van der Waals surface area contributed by atoms with E-state index in [1.54, 1.807) is 0 Å². The van der Waals surface area contributed by atoms with Crippen molar-refractivity contribution in [1.82, 2.24) is 0 Å². The van der Waals surface area contributed by atoms with E-state index in [4.69, 9.17) is 4.74 Å². The van der Waals surface area contributed by atoms with Gasteiger partial charge in [-0.15, -0.1) is 0 Å². The highest BCUT2D eigenvalue weighted by molar-refractivity contribution is 4.82. The molecule has 1 saturated heterocycles. The molecule has 0 aromatic carbocycles. The van der Waals surface area contributed by atoms with Gasteiger partial charge in [0.15, 0.2) is 0 Å². The molecule has 0 bridgehead atoms. The zero-order valence-electron chi connectivity index (χ0n) is 6.16. The van der Waals surface area contributed by atoms with Gasteiger partial charge in [0.25, 0.3) is 0 Å². The van der Waals surface area contributed by atoms with Gasteiger partial charge in [0.1, 0.15) is 0 Å². The third-order valence-corrected chi connectivity index (χ3v) is 2.19. The quantitative estimate of drug-likeness (QED) is 0.525. The number of hydrogen-bond donors (Lipinski definition) is 1. The maximum atomic E-state index is 9.31. The van der Waals surface area contributed by atoms with Crippen LogP contribution in [0.5, 0.6) is 0 Å². The Balaban J connectivity index is 2.54. The number of aliphatic hydroxyl groups is 1. The fourth-order valence-electron chi connectivity index (χ4n) is 1.25. The standard InChI is InChI=1S/C7H14O2/c1-4-5(2)9-6(3)7(4)8/h4-8H,1-3H3/t4?,5-,6+,7+/m0/s1. The summed E-state index contributed by atoms with van der Waals surface area (Å²) in [7, 11) is 0. The number of aliphatic hydroxyl groups excluding tert-OH is 1. The van der Waals surface area contributed by atoms with Crippen molar-refractivity contribution >= 4 is 0 Å². The van der Waals surface area contributed by atoms with Crippen LogP contribution in [-0.4, -0.2) is 23.4 Å². The third kappa shape index (κ3) is 1.10. The summed E-state index contributed by atoms with van der Waals surface area (Å²) in [6.45, 7) is 5.92. The second-order valence-corrected chi connectivity index (χ2v) is 2.90. The molecule has 2 nitrogen and oxygen atoms in total. The minimum Gasteiger partial charge on any atom is -0.390 e. The Morgan fingerprint density at radius 2 is 1.67 bits per heavy atom. The van der Waals surface area contributed by atoms with Crippen molar-refractivity contribution in [3.05, 3.63) is 0 Å². The predicted octanol–water partition coefficient (Wildman–Crippen LogP) is 0.791. The van der Waals surface area contributed by atoms with Crippen LogP contribution in [0.2, 0.25) is 0 Å². The van der Waals surface area contributed by atoms with Crippen LogP contribution in [0.4, 0.5) is 0 Å². The van der Waals surface area contributed by atoms with Gasteiger partial charge in [-0.2, -0.15) is 0 Å². The highest BCUT2D eigenvalue weighted by Gasteiger charge is 2.34. The number of ether oxygens (including phenoxy) is 1. The van der Waals surface area contributed by atoms with E-state index >= 15 is 0 Å². The van der Waals surface area contributed by atoms with Crippen molar-refractivity contribution in [2.75, 3.05) is 0 Å². The molecule has 0 amide bonds. The summed E-state index contributed by atoms with van der Waals surface area (Å²) in [6.07, 6.45) is -0.0231. The van der Waals surface area contributed by atoms with Gasteiger partial charge in [0.2, 0.25) is 0 Å². The highest BCUT2D eigenvalue weighted by Crippen LogP contribution is 2.25. The van der Waals surface area contributed by atoms with Crippen molar-refractivity contribution in [3.63, 3.8) is 0 Å². The lowest BCUT2D eigenvalue weighted by atomic mass is 10.0. The van der Waals surface area contributed by atoms with Crippen LogP contribution in [0.15, 0.2) is 0 Å². The van der Waals surface area contributed by atoms with Crippen LogP contribution < -0.4 is 0 Å². The molecule has 2 heteroatoms. The fraction of sp³-hybridized carbons (Fsp3) is 1.00. The first-order valence-electron chi connectivity index (χ1n) is 3.46. The second kappa shape index (κ2) is 2.27. The summed E-state index contributed by atoms with van der Waals surface area (Å²) in [5.41, 5.74) is 0. The molecule has 1 N–H and O–H groups in total. The maximum absolute atomic E-state index is 9.31. The minimum atomic E-state index is -0.264. The summed E-state index contributed by atoms with van der Waals surface area (Å²) in [4.78, 5) is 0. The van der Waals surface area contributed by atoms with E-state index < -0.39 is 0 Å². The van der Waals surface area contributed by atoms with Crippen LogP contribution in [0.1, 0.15) is 20.8 Å². The minimum absolute atomic E-state index is 0.0231. The smallest absolute Gasteiger partial charge is 0.0849 e. The van der Waals surface area contributed by atoms with E-state index in [0.29, 0.717) is 5.92 Å². The van der Waals surface area contributed by atoms with E-state index in [1.807, 2.05) is 20.8 Å². The molecule has 0 aromatic rings. The molecular formula is C7H14O2. The summed E-state index contributed by atoms with van der Waals surface area (Å²) in [5, 5.41) is 9.31. The van der Waals surface area contributed by atoms with E-state index in [2.05, 4.69) is 0 Å². The normalized spacial score (nSPS) is 52.0. The van der Waals surface area contributed by atoms with Crippen molar-refractivity contribution in [3.8, 4) is 0 Å². The van der Waals surface area contributed by atoms with Crippen molar-refractivity contribution in [2.45, 2.75) is 39.1 Å². The van der Waals surface area contributed by atoms with Gasteiger partial charge < -0.3 is 9.84 Å². The molecule has 4 atom stereocenters. The van der Waals surface area contributed by atoms with Crippen LogP contribution in [0.3, 0.4) is 0 Å². The summed E-state index contributed by atoms with van der Waals surface area (Å²) in [5.74, 6) is 0.292. The zero-order chi connectivity index (χ0) is 7.02. The molecular weight excluding hydrogens is 116 g/mol. The van der Waals surface area contributed by atoms with Crippen LogP contribution in [-0.2, 0) is 4.74 Å². The molecule has 9 heavy (non-hydrogen) atoms. The second-order valence-electron chi connectivity index (χ2n) is 2.90. The Bertz CT molecular complexity index is 91.1. The summed E-state index contributed by atoms with van der Waals surface area (Å²) >= 11 is 0. The molecule has 1 heterocycles. The van der Waals surface area contributed by atoms with Gasteiger partial charge in [-0.1, -0.05) is 6.92 Å². The Morgan fingerprint density at radius 3 is 1.78 bits per heavy atom. The van der Waals surface area contributed by atoms with E-state index in [-0.39, 0.29) is 18.3 Å². The zero-order valence-corrected chi connectivity index (χ0v) is 6.16. The number of hydrogen-bond acceptors (Lipinski definition) is 2. The Kier molecular flexibility index (Phi) is 1.78. The number of rotatable bonds is 0. The Morgan fingerprint density at radius 1 is 1.11 bits per heavy atom. The van der Waals surface area contributed by atoms with Gasteiger partial charge in [-0.05, 0) is 13.8 Å². The molecule has 0 spiro atoms. The van der Waals surface area contributed by atoms with Gasteiger partial charge in [0.05, 0.1) is 18.3 Å². The van der Waals surface area contributed by atoms with Crippen LogP contribution >= 0.6 is 0 Å². The lowest BCUT2D eigenvalue weighted by molar-refractivity contribution is 0.0287. The van der Waals surface area contributed by atoms with Crippen molar-refractivity contribution in [2.24, 2.45) is 5.92 Å². The molecule has 1 aliphatic heterocycles. The molecule has 0 aliphatic carbocycles. The first-order chi connectivity index (χ1) is 4.13. The lowest BCUT2D eigenvalue weighted by Gasteiger charge is -2.09. The first kappa shape index (κ1) is 7.03. The molecule has 0 aromatic heterocycles. The first-order valence-corrected chi connectivity index (χ1v) is 3.46. The average molecular weight is 130 g/mol. The largest absolute Gasteiger partial charge is 0.390 e. The van der Waals surface area contributed by atoms with Crippen LogP contribution in [0.25, 0.3) is 0 Å². The summed E-state index contributed by atoms with van der Waals surface area (Å²) in [6, 6.07) is 0. The molecule has 54 valence electrons. The van der Waals surface area contributed by atoms with Gasteiger partial charge in [-0.25, -0.2) is 0 Å². The third-order valence-electron chi connectivity index (χ3n) is 2.19. The molecule has 1 unspecified atom stereocenters. The fourth-order valence-corrected chi connectivity index (χ4v) is 1.25. The SMILES string of the molecule is CC1[C@H](C)O[C@H](C)[C@@H]1O. The average Bonchev–Trinajstić information content (AvgIpc) is 1.98. The van der Waals surface area contributed by atoms with Gasteiger partial charge >= 0.3 is 0 Å². The van der Waals surface area contributed by atoms with Crippen molar-refractivity contribution in [1.29, 1.82) is 0 Å². The lowest BCUT2D eigenvalue weighted by Crippen LogP contribution is -2.22. The Hall–Kier alpha value is -0.0800. The molecule has 1 aliphatic rings. The Labute approximate surface area is 55.8 Å². The van der Waals surface area contributed by atoms with E-state index in [9.17, 15) is 5.11 Å². The maximum Gasteiger partial charge on any atom is 0.0849 e. The highest BCUT2D eigenvalue weighted by atomic mass is 16.5. The predicted molar refractivity (Wildman–Crippen MR) is 35.2 cm³/mol. The van der Waals surface area contributed by atoms with Crippen LogP contribution in [0, 0.1) is 5.92 Å². The molecule has 0 saturated carbocycles. The van der Waals surface area contributed by atoms with E-state index in [1.165, 1.54) is 0 Å². The van der Waals surface area contributed by atoms with E-state index in [0.717, 1.165) is 0 Å². The molecule has 0 radical (unpaired) electrons. The topological polar surface area (TPSA) is 29.5 Å². The van der Waals surface area contributed by atoms with Crippen molar-refractivity contribution < 1.29 is 9.84 Å². The van der Waals surface area contributed by atoms with Gasteiger partial charge in [0, 0.05) is 5.92 Å².